The van der Waals surface area contributed by atoms with E-state index in [0.29, 0.717) is 17.7 Å². The van der Waals surface area contributed by atoms with E-state index in [4.69, 9.17) is 5.73 Å². The third-order valence-corrected chi connectivity index (χ3v) is 5.26. The summed E-state index contributed by atoms with van der Waals surface area (Å²) >= 11 is 0. The van der Waals surface area contributed by atoms with Crippen molar-refractivity contribution < 1.29 is 13.5 Å². The lowest BCUT2D eigenvalue weighted by molar-refractivity contribution is 0.131. The Labute approximate surface area is 121 Å². The zero-order valence-corrected chi connectivity index (χ0v) is 13.1. The zero-order valence-electron chi connectivity index (χ0n) is 12.2. The van der Waals surface area contributed by atoms with Crippen LogP contribution < -0.4 is 5.73 Å². The zero-order chi connectivity index (χ0) is 15.2. The van der Waals surface area contributed by atoms with Crippen LogP contribution >= 0.6 is 0 Å². The normalized spacial score (nSPS) is 15.0. The molecular formula is C15H25NO3S. The molecule has 1 rings (SSSR count). The molecule has 4 nitrogen and oxygen atoms in total. The van der Waals surface area contributed by atoms with Gasteiger partial charge in [-0.25, -0.2) is 8.42 Å². The third kappa shape index (κ3) is 4.89. The molecule has 0 amide bonds. The molecule has 0 heterocycles. The summed E-state index contributed by atoms with van der Waals surface area (Å²) in [6.45, 7) is 3.67. The van der Waals surface area contributed by atoms with E-state index in [1.54, 1.807) is 31.2 Å². The fourth-order valence-electron chi connectivity index (χ4n) is 2.08. The minimum atomic E-state index is -3.14. The summed E-state index contributed by atoms with van der Waals surface area (Å²) in [4.78, 5) is 0.354. The largest absolute Gasteiger partial charge is 0.392 e. The summed E-state index contributed by atoms with van der Waals surface area (Å²) in [6, 6.07) is 6.69. The van der Waals surface area contributed by atoms with Crippen LogP contribution in [0.5, 0.6) is 0 Å². The van der Waals surface area contributed by atoms with E-state index >= 15 is 0 Å². The molecule has 114 valence electrons. The van der Waals surface area contributed by atoms with Crippen molar-refractivity contribution in [2.45, 2.75) is 56.6 Å². The molecule has 0 aliphatic heterocycles. The van der Waals surface area contributed by atoms with E-state index in [0.717, 1.165) is 18.4 Å². The Balaban J connectivity index is 2.58. The molecule has 0 spiro atoms. The van der Waals surface area contributed by atoms with Crippen LogP contribution in [0.4, 0.5) is 0 Å². The molecule has 0 bridgehead atoms. The van der Waals surface area contributed by atoms with E-state index < -0.39 is 15.9 Å². The number of aliphatic hydroxyl groups excluding tert-OH is 1. The molecule has 0 fully saturated rings. The van der Waals surface area contributed by atoms with E-state index in [2.05, 4.69) is 0 Å². The van der Waals surface area contributed by atoms with Crippen LogP contribution in [-0.2, 0) is 16.3 Å². The maximum atomic E-state index is 11.7. The van der Waals surface area contributed by atoms with Crippen LogP contribution in [0.15, 0.2) is 29.2 Å². The second-order valence-electron chi connectivity index (χ2n) is 5.11. The number of hydrogen-bond acceptors (Lipinski definition) is 4. The lowest BCUT2D eigenvalue weighted by atomic mass is 10.00. The van der Waals surface area contributed by atoms with Gasteiger partial charge in [0.2, 0.25) is 0 Å². The molecule has 2 atom stereocenters. The van der Waals surface area contributed by atoms with E-state index in [9.17, 15) is 13.5 Å². The van der Waals surface area contributed by atoms with Crippen LogP contribution in [0.2, 0.25) is 0 Å². The number of nitrogens with two attached hydrogens (primary N) is 1. The first-order chi connectivity index (χ1) is 9.40. The molecular weight excluding hydrogens is 274 g/mol. The second-order valence-corrected chi connectivity index (χ2v) is 7.38. The van der Waals surface area contributed by atoms with E-state index in [-0.39, 0.29) is 11.8 Å². The predicted molar refractivity (Wildman–Crippen MR) is 81.4 cm³/mol. The molecule has 0 aliphatic carbocycles. The maximum Gasteiger partial charge on any atom is 0.178 e. The number of hydrogen-bond donors (Lipinski definition) is 2. The van der Waals surface area contributed by atoms with Crippen LogP contribution in [0.25, 0.3) is 0 Å². The second kappa shape index (κ2) is 7.76. The van der Waals surface area contributed by atoms with Crippen LogP contribution in [-0.4, -0.2) is 31.4 Å². The molecule has 20 heavy (non-hydrogen) atoms. The third-order valence-electron chi connectivity index (χ3n) is 3.51. The molecule has 0 saturated carbocycles. The van der Waals surface area contributed by atoms with Crippen molar-refractivity contribution in [3.05, 3.63) is 29.8 Å². The number of aryl methyl sites for hydroxylation is 1. The molecule has 0 saturated heterocycles. The van der Waals surface area contributed by atoms with Gasteiger partial charge in [-0.05, 0) is 37.0 Å². The van der Waals surface area contributed by atoms with Crippen LogP contribution in [0.1, 0.15) is 38.7 Å². The Morgan fingerprint density at radius 2 is 1.75 bits per heavy atom. The Hall–Kier alpha value is -0.910. The minimum absolute atomic E-state index is 0.108. The lowest BCUT2D eigenvalue weighted by Gasteiger charge is -2.18. The summed E-state index contributed by atoms with van der Waals surface area (Å²) in [5.74, 6) is 0.108. The van der Waals surface area contributed by atoms with Gasteiger partial charge in [-0.15, -0.1) is 0 Å². The van der Waals surface area contributed by atoms with Crippen LogP contribution in [0, 0.1) is 0 Å². The summed E-state index contributed by atoms with van der Waals surface area (Å²) < 4.78 is 23.4. The number of rotatable bonds is 8. The molecule has 3 N–H and O–H groups in total. The number of sulfone groups is 1. The summed E-state index contributed by atoms with van der Waals surface area (Å²) in [5, 5.41) is 9.91. The topological polar surface area (TPSA) is 80.4 Å². The van der Waals surface area contributed by atoms with Gasteiger partial charge in [-0.1, -0.05) is 32.4 Å². The van der Waals surface area contributed by atoms with Crippen molar-refractivity contribution >= 4 is 9.84 Å². The van der Waals surface area contributed by atoms with Gasteiger partial charge in [0.05, 0.1) is 16.8 Å². The first-order valence-corrected chi connectivity index (χ1v) is 8.81. The quantitative estimate of drug-likeness (QED) is 0.768. The fourth-order valence-corrected chi connectivity index (χ4v) is 2.97. The van der Waals surface area contributed by atoms with Gasteiger partial charge in [0.25, 0.3) is 0 Å². The van der Waals surface area contributed by atoms with E-state index in [1.807, 2.05) is 6.92 Å². The highest BCUT2D eigenvalue weighted by Gasteiger charge is 2.14. The van der Waals surface area contributed by atoms with Gasteiger partial charge in [-0.3, -0.25) is 0 Å². The average molecular weight is 299 g/mol. The summed E-state index contributed by atoms with van der Waals surface area (Å²) in [7, 11) is -3.14. The summed E-state index contributed by atoms with van der Waals surface area (Å²) in [5.41, 5.74) is 6.88. The number of aliphatic hydroxyl groups is 1. The van der Waals surface area contributed by atoms with Gasteiger partial charge in [-0.2, -0.15) is 0 Å². The SMILES string of the molecule is CCCC(N)C(O)CCc1ccc(S(=O)(=O)CC)cc1. The Morgan fingerprint density at radius 1 is 1.15 bits per heavy atom. The van der Waals surface area contributed by atoms with Crippen LogP contribution in [0.3, 0.4) is 0 Å². The first-order valence-electron chi connectivity index (χ1n) is 7.16. The Kier molecular flexibility index (Phi) is 6.65. The molecule has 1 aromatic rings. The first kappa shape index (κ1) is 17.1. The van der Waals surface area contributed by atoms with Crippen molar-refractivity contribution in [2.24, 2.45) is 5.73 Å². The highest BCUT2D eigenvalue weighted by atomic mass is 32.2. The monoisotopic (exact) mass is 299 g/mol. The molecule has 0 aromatic heterocycles. The standard InChI is InChI=1S/C15H25NO3S/c1-3-5-14(16)15(17)11-8-12-6-9-13(10-7-12)20(18,19)4-2/h6-7,9-10,14-15,17H,3-5,8,11,16H2,1-2H3. The van der Waals surface area contributed by atoms with Crippen molar-refractivity contribution in [3.8, 4) is 0 Å². The molecule has 0 radical (unpaired) electrons. The molecule has 1 aromatic carbocycles. The smallest absolute Gasteiger partial charge is 0.178 e. The van der Waals surface area contributed by atoms with E-state index in [1.165, 1.54) is 0 Å². The highest BCUT2D eigenvalue weighted by molar-refractivity contribution is 7.91. The fraction of sp³-hybridized carbons (Fsp3) is 0.600. The maximum absolute atomic E-state index is 11.7. The number of benzene rings is 1. The molecule has 2 unspecified atom stereocenters. The Bertz CT molecular complexity index is 496. The molecule has 5 heteroatoms. The lowest BCUT2D eigenvalue weighted by Crippen LogP contribution is -2.34. The Morgan fingerprint density at radius 3 is 2.25 bits per heavy atom. The minimum Gasteiger partial charge on any atom is -0.392 e. The van der Waals surface area contributed by atoms with Crippen molar-refractivity contribution in [1.29, 1.82) is 0 Å². The van der Waals surface area contributed by atoms with Crippen molar-refractivity contribution in [1.82, 2.24) is 0 Å². The predicted octanol–water partition coefficient (Wildman–Crippen LogP) is 1.90. The van der Waals surface area contributed by atoms with Gasteiger partial charge in [0, 0.05) is 6.04 Å². The summed E-state index contributed by atoms with van der Waals surface area (Å²) in [6.07, 6.45) is 2.57. The van der Waals surface area contributed by atoms with Crippen molar-refractivity contribution in [3.63, 3.8) is 0 Å². The van der Waals surface area contributed by atoms with Gasteiger partial charge in [0.15, 0.2) is 9.84 Å². The highest BCUT2D eigenvalue weighted by Crippen LogP contribution is 2.14. The van der Waals surface area contributed by atoms with Gasteiger partial charge < -0.3 is 10.8 Å². The molecule has 0 aliphatic rings. The van der Waals surface area contributed by atoms with Gasteiger partial charge >= 0.3 is 0 Å². The van der Waals surface area contributed by atoms with Crippen molar-refractivity contribution in [2.75, 3.05) is 5.75 Å². The average Bonchev–Trinajstić information content (AvgIpc) is 2.45. The van der Waals surface area contributed by atoms with Gasteiger partial charge in [0.1, 0.15) is 0 Å².